The Balaban J connectivity index is 1.36. The van der Waals surface area contributed by atoms with Crippen LogP contribution >= 0.6 is 0 Å². The number of ether oxygens (including phenoxy) is 2. The van der Waals surface area contributed by atoms with Crippen LogP contribution in [0.25, 0.3) is 11.2 Å². The number of hydrogen-bond acceptors (Lipinski definition) is 5. The summed E-state index contributed by atoms with van der Waals surface area (Å²) in [7, 11) is 0. The van der Waals surface area contributed by atoms with E-state index in [1.807, 2.05) is 6.07 Å². The van der Waals surface area contributed by atoms with E-state index in [0.717, 1.165) is 5.52 Å². The van der Waals surface area contributed by atoms with Crippen molar-refractivity contribution < 1.29 is 23.0 Å². The van der Waals surface area contributed by atoms with E-state index in [9.17, 15) is 13.6 Å². The number of H-pyrrole nitrogens is 1. The summed E-state index contributed by atoms with van der Waals surface area (Å²) in [6.07, 6.45) is -1.74. The maximum atomic E-state index is 12.6. The predicted octanol–water partition coefficient (Wildman–Crippen LogP) is 3.61. The Kier molecular flexibility index (Phi) is 5.16. The van der Waals surface area contributed by atoms with E-state index >= 15 is 0 Å². The fraction of sp³-hybridized carbons (Fsp3) is 0.316. The van der Waals surface area contributed by atoms with Gasteiger partial charge in [0.2, 0.25) is 0 Å². The number of aromatic amines is 1. The third-order valence-electron chi connectivity index (χ3n) is 4.50. The lowest BCUT2D eigenvalue weighted by Crippen LogP contribution is -2.42. The normalized spacial score (nSPS) is 17.2. The number of nitrogens with zero attached hydrogens (tertiary/aromatic N) is 3. The standard InChI is InChI=1S/C19H18F2N4O3/c20-16(21)13-5-3-12(4-6-13)11-28-19(26)25-8-9-27-15(10-25)18-23-14-2-1-7-22-17(14)24-18/h1-7,15-16H,8-11H2,(H,22,23,24)/t15-/m0/s1. The molecular formula is C19H18F2N4O3. The molecule has 146 valence electrons. The van der Waals surface area contributed by atoms with Crippen LogP contribution in [0.15, 0.2) is 42.6 Å². The molecule has 28 heavy (non-hydrogen) atoms. The van der Waals surface area contributed by atoms with Crippen LogP contribution in [-0.4, -0.2) is 45.6 Å². The van der Waals surface area contributed by atoms with Gasteiger partial charge in [0, 0.05) is 18.3 Å². The van der Waals surface area contributed by atoms with Crippen LogP contribution < -0.4 is 0 Å². The number of rotatable bonds is 4. The number of aromatic nitrogens is 3. The van der Waals surface area contributed by atoms with Crippen molar-refractivity contribution in [3.63, 3.8) is 0 Å². The summed E-state index contributed by atoms with van der Waals surface area (Å²) in [5.74, 6) is 0.605. The second kappa shape index (κ2) is 7.89. The third kappa shape index (κ3) is 3.94. The zero-order valence-corrected chi connectivity index (χ0v) is 14.8. The number of benzene rings is 1. The molecule has 0 aliphatic carbocycles. The summed E-state index contributed by atoms with van der Waals surface area (Å²) in [5, 5.41) is 0. The fourth-order valence-corrected chi connectivity index (χ4v) is 2.99. The number of morpholine rings is 1. The molecule has 0 saturated carbocycles. The monoisotopic (exact) mass is 388 g/mol. The van der Waals surface area contributed by atoms with E-state index in [4.69, 9.17) is 9.47 Å². The van der Waals surface area contributed by atoms with Gasteiger partial charge in [-0.05, 0) is 17.7 Å². The van der Waals surface area contributed by atoms with Gasteiger partial charge in [-0.15, -0.1) is 0 Å². The fourth-order valence-electron chi connectivity index (χ4n) is 2.99. The van der Waals surface area contributed by atoms with Crippen molar-refractivity contribution in [2.45, 2.75) is 19.1 Å². The molecule has 3 heterocycles. The van der Waals surface area contributed by atoms with Crippen molar-refractivity contribution in [1.29, 1.82) is 0 Å². The highest BCUT2D eigenvalue weighted by atomic mass is 19.3. The van der Waals surface area contributed by atoms with Gasteiger partial charge < -0.3 is 19.4 Å². The van der Waals surface area contributed by atoms with Crippen molar-refractivity contribution in [3.8, 4) is 0 Å². The van der Waals surface area contributed by atoms with Gasteiger partial charge in [0.1, 0.15) is 24.1 Å². The van der Waals surface area contributed by atoms with Crippen LogP contribution in [0.5, 0.6) is 0 Å². The molecule has 2 aromatic heterocycles. The first kappa shape index (κ1) is 18.3. The number of carbonyl (C=O) groups is 1. The maximum Gasteiger partial charge on any atom is 0.410 e. The number of nitrogens with one attached hydrogen (secondary N) is 1. The molecule has 0 unspecified atom stereocenters. The minimum Gasteiger partial charge on any atom is -0.445 e. The van der Waals surface area contributed by atoms with Crippen LogP contribution in [0, 0.1) is 0 Å². The first-order chi connectivity index (χ1) is 13.6. The average Bonchev–Trinajstić information content (AvgIpc) is 3.17. The second-order valence-corrected chi connectivity index (χ2v) is 6.40. The Morgan fingerprint density at radius 3 is 2.89 bits per heavy atom. The second-order valence-electron chi connectivity index (χ2n) is 6.40. The van der Waals surface area contributed by atoms with Crippen molar-refractivity contribution in [1.82, 2.24) is 19.9 Å². The highest BCUT2D eigenvalue weighted by Crippen LogP contribution is 2.23. The Hall–Kier alpha value is -3.07. The molecule has 1 aromatic carbocycles. The molecule has 1 aliphatic rings. The molecule has 1 fully saturated rings. The molecule has 7 nitrogen and oxygen atoms in total. The molecule has 9 heteroatoms. The number of alkyl halides is 2. The van der Waals surface area contributed by atoms with Gasteiger partial charge in [0.15, 0.2) is 5.65 Å². The number of pyridine rings is 1. The summed E-state index contributed by atoms with van der Waals surface area (Å²) < 4.78 is 36.2. The number of amides is 1. The van der Waals surface area contributed by atoms with Crippen molar-refractivity contribution in [3.05, 3.63) is 59.5 Å². The lowest BCUT2D eigenvalue weighted by Gasteiger charge is -2.31. The van der Waals surface area contributed by atoms with Gasteiger partial charge >= 0.3 is 6.09 Å². The van der Waals surface area contributed by atoms with E-state index in [0.29, 0.717) is 36.7 Å². The van der Waals surface area contributed by atoms with Crippen molar-refractivity contribution >= 4 is 17.3 Å². The molecule has 1 saturated heterocycles. The van der Waals surface area contributed by atoms with Gasteiger partial charge in [-0.1, -0.05) is 24.3 Å². The van der Waals surface area contributed by atoms with Crippen molar-refractivity contribution in [2.24, 2.45) is 0 Å². The van der Waals surface area contributed by atoms with E-state index in [-0.39, 0.29) is 12.2 Å². The molecule has 1 atom stereocenters. The van der Waals surface area contributed by atoms with Crippen LogP contribution in [0.1, 0.15) is 29.5 Å². The topological polar surface area (TPSA) is 80.3 Å². The number of imidazole rings is 1. The Bertz CT molecular complexity index is 928. The summed E-state index contributed by atoms with van der Waals surface area (Å²) in [6, 6.07) is 9.35. The first-order valence-electron chi connectivity index (χ1n) is 8.81. The van der Waals surface area contributed by atoms with Crippen LogP contribution in [0.3, 0.4) is 0 Å². The van der Waals surface area contributed by atoms with Gasteiger partial charge in [-0.3, -0.25) is 0 Å². The maximum absolute atomic E-state index is 12.6. The molecule has 1 aliphatic heterocycles. The molecule has 1 amide bonds. The molecule has 0 bridgehead atoms. The molecule has 3 aromatic rings. The number of fused-ring (bicyclic) bond motifs is 1. The summed E-state index contributed by atoms with van der Waals surface area (Å²) in [6.45, 7) is 1.06. The highest BCUT2D eigenvalue weighted by Gasteiger charge is 2.28. The predicted molar refractivity (Wildman–Crippen MR) is 95.7 cm³/mol. The number of carbonyl (C=O) groups excluding carboxylic acids is 1. The van der Waals surface area contributed by atoms with Gasteiger partial charge in [-0.25, -0.2) is 23.5 Å². The Labute approximate surface area is 159 Å². The molecular weight excluding hydrogens is 370 g/mol. The molecule has 1 N–H and O–H groups in total. The summed E-state index contributed by atoms with van der Waals surface area (Å²) >= 11 is 0. The highest BCUT2D eigenvalue weighted by molar-refractivity contribution is 5.70. The SMILES string of the molecule is O=C(OCc1ccc(C(F)F)cc1)N1CCO[C@H](c2nc3cccnc3[nH]2)C1. The number of hydrogen-bond donors (Lipinski definition) is 1. The first-order valence-corrected chi connectivity index (χ1v) is 8.81. The van der Waals surface area contributed by atoms with Crippen LogP contribution in [0.2, 0.25) is 0 Å². The van der Waals surface area contributed by atoms with Crippen LogP contribution in [-0.2, 0) is 16.1 Å². The quantitative estimate of drug-likeness (QED) is 0.739. The molecule has 0 spiro atoms. The molecule has 0 radical (unpaired) electrons. The van der Waals surface area contributed by atoms with Crippen molar-refractivity contribution in [2.75, 3.05) is 19.7 Å². The minimum atomic E-state index is -2.52. The zero-order valence-electron chi connectivity index (χ0n) is 14.8. The minimum absolute atomic E-state index is 0.0128. The smallest absolute Gasteiger partial charge is 0.410 e. The van der Waals surface area contributed by atoms with E-state index in [1.54, 1.807) is 17.2 Å². The van der Waals surface area contributed by atoms with Crippen LogP contribution in [0.4, 0.5) is 13.6 Å². The van der Waals surface area contributed by atoms with Gasteiger partial charge in [0.25, 0.3) is 6.43 Å². The Morgan fingerprint density at radius 2 is 2.14 bits per heavy atom. The van der Waals surface area contributed by atoms with Gasteiger partial charge in [0.05, 0.1) is 13.2 Å². The zero-order chi connectivity index (χ0) is 19.5. The van der Waals surface area contributed by atoms with Gasteiger partial charge in [-0.2, -0.15) is 0 Å². The lowest BCUT2D eigenvalue weighted by molar-refractivity contribution is -0.0330. The number of halogens is 2. The van der Waals surface area contributed by atoms with E-state index in [1.165, 1.54) is 24.3 Å². The molecule has 4 rings (SSSR count). The lowest BCUT2D eigenvalue weighted by atomic mass is 10.1. The summed E-state index contributed by atoms with van der Waals surface area (Å²) in [4.78, 5) is 25.7. The third-order valence-corrected chi connectivity index (χ3v) is 4.50. The Morgan fingerprint density at radius 1 is 1.32 bits per heavy atom. The largest absolute Gasteiger partial charge is 0.445 e. The van der Waals surface area contributed by atoms with E-state index < -0.39 is 18.6 Å². The average molecular weight is 388 g/mol. The van der Waals surface area contributed by atoms with E-state index in [2.05, 4.69) is 15.0 Å². The summed E-state index contributed by atoms with van der Waals surface area (Å²) in [5.41, 5.74) is 1.97.